The summed E-state index contributed by atoms with van der Waals surface area (Å²) in [5.41, 5.74) is 5.63. The van der Waals surface area contributed by atoms with Gasteiger partial charge in [-0.1, -0.05) is 61.0 Å². The summed E-state index contributed by atoms with van der Waals surface area (Å²) in [7, 11) is 0. The molecule has 1 aliphatic rings. The van der Waals surface area contributed by atoms with E-state index in [4.69, 9.17) is 0 Å². The van der Waals surface area contributed by atoms with Crippen LogP contribution in [0.15, 0.2) is 59.6 Å². The van der Waals surface area contributed by atoms with Crippen LogP contribution in [0.5, 0.6) is 0 Å². The molecule has 2 aromatic rings. The van der Waals surface area contributed by atoms with E-state index in [-0.39, 0.29) is 0 Å². The fourth-order valence-electron chi connectivity index (χ4n) is 3.00. The van der Waals surface area contributed by atoms with E-state index in [1.165, 1.54) is 43.2 Å². The molecule has 0 radical (unpaired) electrons. The number of rotatable bonds is 4. The van der Waals surface area contributed by atoms with Crippen LogP contribution in [-0.2, 0) is 19.4 Å². The van der Waals surface area contributed by atoms with Gasteiger partial charge in [0.15, 0.2) is 0 Å². The lowest BCUT2D eigenvalue weighted by molar-refractivity contribution is 0.711. The molecule has 0 aliphatic heterocycles. The third-order valence-corrected chi connectivity index (χ3v) is 4.22. The SMILES string of the molecule is C(/C=C/c1ccccc1)=NCc1ccc2c(c1)CCCCC2. The molecular formula is C21H23N. The molecule has 112 valence electrons. The molecule has 0 fully saturated rings. The minimum atomic E-state index is 0.770. The van der Waals surface area contributed by atoms with Gasteiger partial charge in [-0.3, -0.25) is 4.99 Å². The largest absolute Gasteiger partial charge is 0.288 e. The molecule has 0 spiro atoms. The van der Waals surface area contributed by atoms with E-state index in [1.807, 2.05) is 30.5 Å². The first kappa shape index (κ1) is 14.8. The summed E-state index contributed by atoms with van der Waals surface area (Å²) in [6.45, 7) is 0.770. The Labute approximate surface area is 133 Å². The quantitative estimate of drug-likeness (QED) is 0.539. The van der Waals surface area contributed by atoms with Crippen LogP contribution in [0.25, 0.3) is 6.08 Å². The first-order valence-corrected chi connectivity index (χ1v) is 8.24. The van der Waals surface area contributed by atoms with E-state index < -0.39 is 0 Å². The molecule has 22 heavy (non-hydrogen) atoms. The molecular weight excluding hydrogens is 266 g/mol. The van der Waals surface area contributed by atoms with Crippen LogP contribution >= 0.6 is 0 Å². The van der Waals surface area contributed by atoms with Crippen molar-refractivity contribution in [2.75, 3.05) is 0 Å². The molecule has 1 nitrogen and oxygen atoms in total. The summed E-state index contributed by atoms with van der Waals surface area (Å²) < 4.78 is 0. The zero-order chi connectivity index (χ0) is 15.0. The maximum Gasteiger partial charge on any atom is 0.0639 e. The lowest BCUT2D eigenvalue weighted by Crippen LogP contribution is -1.93. The van der Waals surface area contributed by atoms with E-state index in [0.29, 0.717) is 0 Å². The highest BCUT2D eigenvalue weighted by Crippen LogP contribution is 2.22. The van der Waals surface area contributed by atoms with E-state index in [0.717, 1.165) is 6.54 Å². The summed E-state index contributed by atoms with van der Waals surface area (Å²) >= 11 is 0. The molecule has 0 N–H and O–H groups in total. The standard InChI is InChI=1S/C21H23N/c1-3-8-18(9-4-1)10-7-15-22-17-19-13-14-20-11-5-2-6-12-21(20)16-19/h1,3-4,7-10,13-16H,2,5-6,11-12,17H2/b10-7+,22-15?. The maximum absolute atomic E-state index is 4.52. The summed E-state index contributed by atoms with van der Waals surface area (Å²) in [6.07, 6.45) is 12.5. The van der Waals surface area contributed by atoms with Gasteiger partial charge in [0, 0.05) is 6.21 Å². The Morgan fingerprint density at radius 2 is 1.68 bits per heavy atom. The minimum absolute atomic E-state index is 0.770. The number of hydrogen-bond acceptors (Lipinski definition) is 1. The minimum Gasteiger partial charge on any atom is -0.288 e. The van der Waals surface area contributed by atoms with E-state index in [9.17, 15) is 0 Å². The fourth-order valence-corrected chi connectivity index (χ4v) is 3.00. The van der Waals surface area contributed by atoms with Crippen LogP contribution in [-0.4, -0.2) is 6.21 Å². The Bertz CT molecular complexity index is 653. The molecule has 1 aliphatic carbocycles. The second-order valence-corrected chi connectivity index (χ2v) is 5.92. The monoisotopic (exact) mass is 289 g/mol. The van der Waals surface area contributed by atoms with Crippen molar-refractivity contribution in [3.8, 4) is 0 Å². The normalized spacial score (nSPS) is 15.1. The Hall–Kier alpha value is -2.15. The molecule has 0 bridgehead atoms. The average Bonchev–Trinajstić information content (AvgIpc) is 2.80. The number of nitrogens with zero attached hydrogens (tertiary/aromatic N) is 1. The number of hydrogen-bond donors (Lipinski definition) is 0. The zero-order valence-electron chi connectivity index (χ0n) is 13.0. The van der Waals surface area contributed by atoms with E-state index >= 15 is 0 Å². The fraction of sp³-hybridized carbons (Fsp3) is 0.286. The molecule has 0 atom stereocenters. The van der Waals surface area contributed by atoms with Gasteiger partial charge in [0.1, 0.15) is 0 Å². The van der Waals surface area contributed by atoms with E-state index in [2.05, 4.69) is 41.4 Å². The van der Waals surface area contributed by atoms with Gasteiger partial charge in [0.25, 0.3) is 0 Å². The van der Waals surface area contributed by atoms with E-state index in [1.54, 1.807) is 11.1 Å². The number of allylic oxidation sites excluding steroid dienone is 1. The molecule has 3 rings (SSSR count). The van der Waals surface area contributed by atoms with Gasteiger partial charge in [-0.2, -0.15) is 0 Å². The second-order valence-electron chi connectivity index (χ2n) is 5.92. The van der Waals surface area contributed by atoms with Gasteiger partial charge in [-0.15, -0.1) is 0 Å². The number of benzene rings is 2. The van der Waals surface area contributed by atoms with Crippen LogP contribution in [0, 0.1) is 0 Å². The third-order valence-electron chi connectivity index (χ3n) is 4.22. The zero-order valence-corrected chi connectivity index (χ0v) is 13.0. The lowest BCUT2D eigenvalue weighted by atomic mass is 10.0. The molecule has 1 heteroatoms. The van der Waals surface area contributed by atoms with Crippen molar-refractivity contribution in [3.63, 3.8) is 0 Å². The highest BCUT2D eigenvalue weighted by molar-refractivity contribution is 5.78. The molecule has 0 heterocycles. The molecule has 2 aromatic carbocycles. The van der Waals surface area contributed by atoms with Crippen molar-refractivity contribution >= 4 is 12.3 Å². The summed E-state index contributed by atoms with van der Waals surface area (Å²) in [6, 6.07) is 17.2. The summed E-state index contributed by atoms with van der Waals surface area (Å²) in [5.74, 6) is 0. The second kappa shape index (κ2) is 7.74. The Morgan fingerprint density at radius 3 is 2.55 bits per heavy atom. The van der Waals surface area contributed by atoms with Crippen LogP contribution in [0.2, 0.25) is 0 Å². The highest BCUT2D eigenvalue weighted by atomic mass is 14.7. The Kier molecular flexibility index (Phi) is 5.20. The van der Waals surface area contributed by atoms with Gasteiger partial charge in [0.2, 0.25) is 0 Å². The highest BCUT2D eigenvalue weighted by Gasteiger charge is 2.07. The number of aryl methyl sites for hydroxylation is 2. The van der Waals surface area contributed by atoms with Crippen LogP contribution in [0.1, 0.15) is 41.5 Å². The predicted octanol–water partition coefficient (Wildman–Crippen LogP) is 5.24. The molecule has 0 amide bonds. The molecule has 0 saturated heterocycles. The molecule has 0 unspecified atom stereocenters. The van der Waals surface area contributed by atoms with Gasteiger partial charge in [-0.05, 0) is 54.0 Å². The third kappa shape index (κ3) is 4.17. The number of fused-ring (bicyclic) bond motifs is 1. The molecule has 0 saturated carbocycles. The number of aliphatic imine (C=N–C) groups is 1. The van der Waals surface area contributed by atoms with Crippen molar-refractivity contribution in [2.24, 2.45) is 4.99 Å². The topological polar surface area (TPSA) is 12.4 Å². The van der Waals surface area contributed by atoms with Gasteiger partial charge in [0.05, 0.1) is 6.54 Å². The van der Waals surface area contributed by atoms with Crippen molar-refractivity contribution in [1.29, 1.82) is 0 Å². The van der Waals surface area contributed by atoms with Crippen LogP contribution in [0.4, 0.5) is 0 Å². The van der Waals surface area contributed by atoms with Crippen molar-refractivity contribution in [1.82, 2.24) is 0 Å². The predicted molar refractivity (Wildman–Crippen MR) is 95.4 cm³/mol. The van der Waals surface area contributed by atoms with Crippen LogP contribution < -0.4 is 0 Å². The van der Waals surface area contributed by atoms with Crippen molar-refractivity contribution < 1.29 is 0 Å². The maximum atomic E-state index is 4.52. The Morgan fingerprint density at radius 1 is 0.864 bits per heavy atom. The van der Waals surface area contributed by atoms with Crippen LogP contribution in [0.3, 0.4) is 0 Å². The summed E-state index contributed by atoms with van der Waals surface area (Å²) in [5, 5.41) is 0. The average molecular weight is 289 g/mol. The lowest BCUT2D eigenvalue weighted by Gasteiger charge is -2.07. The van der Waals surface area contributed by atoms with Gasteiger partial charge in [-0.25, -0.2) is 0 Å². The first-order valence-electron chi connectivity index (χ1n) is 8.24. The van der Waals surface area contributed by atoms with Gasteiger partial charge < -0.3 is 0 Å². The smallest absolute Gasteiger partial charge is 0.0639 e. The first-order chi connectivity index (χ1) is 10.9. The molecule has 0 aromatic heterocycles. The summed E-state index contributed by atoms with van der Waals surface area (Å²) in [4.78, 5) is 4.52. The van der Waals surface area contributed by atoms with Crippen molar-refractivity contribution in [3.05, 3.63) is 76.9 Å². The van der Waals surface area contributed by atoms with Crippen molar-refractivity contribution in [2.45, 2.75) is 38.6 Å². The Balaban J connectivity index is 1.58. The van der Waals surface area contributed by atoms with Gasteiger partial charge >= 0.3 is 0 Å².